The molecule has 0 aromatic heterocycles. The van der Waals surface area contributed by atoms with Gasteiger partial charge in [-0.1, -0.05) is 23.7 Å². The van der Waals surface area contributed by atoms with Gasteiger partial charge in [0.25, 0.3) is 0 Å². The molecule has 1 atom stereocenters. The van der Waals surface area contributed by atoms with Gasteiger partial charge in [-0.2, -0.15) is 11.8 Å². The van der Waals surface area contributed by atoms with Crippen molar-refractivity contribution in [2.75, 3.05) is 23.4 Å². The topological polar surface area (TPSA) is 41.1 Å². The van der Waals surface area contributed by atoms with Crippen molar-refractivity contribution in [2.24, 2.45) is 0 Å². The van der Waals surface area contributed by atoms with Crippen LogP contribution >= 0.6 is 23.4 Å². The molecule has 0 aliphatic carbocycles. The number of para-hydroxylation sites is 1. The van der Waals surface area contributed by atoms with E-state index in [2.05, 4.69) is 10.6 Å². The summed E-state index contributed by atoms with van der Waals surface area (Å²) in [7, 11) is 0. The van der Waals surface area contributed by atoms with Crippen LogP contribution in [0.25, 0.3) is 0 Å². The number of amides is 1. The molecule has 0 bridgehead atoms. The summed E-state index contributed by atoms with van der Waals surface area (Å²) in [6, 6.07) is 7.55. The van der Waals surface area contributed by atoms with Crippen LogP contribution in [-0.4, -0.2) is 30.0 Å². The van der Waals surface area contributed by atoms with Crippen molar-refractivity contribution in [1.29, 1.82) is 0 Å². The van der Waals surface area contributed by atoms with Crippen LogP contribution in [0.4, 0.5) is 5.69 Å². The van der Waals surface area contributed by atoms with Gasteiger partial charge < -0.3 is 10.6 Å². The summed E-state index contributed by atoms with van der Waals surface area (Å²) in [4.78, 5) is 11.8. The summed E-state index contributed by atoms with van der Waals surface area (Å²) in [6.07, 6.45) is 0.498. The Morgan fingerprint density at radius 3 is 3.06 bits per heavy atom. The van der Waals surface area contributed by atoms with Crippen molar-refractivity contribution in [2.45, 2.75) is 12.5 Å². The summed E-state index contributed by atoms with van der Waals surface area (Å²) in [5.74, 6) is 2.14. The van der Waals surface area contributed by atoms with E-state index in [1.807, 2.05) is 30.0 Å². The van der Waals surface area contributed by atoms with Crippen LogP contribution in [0.15, 0.2) is 24.3 Å². The third kappa shape index (κ3) is 3.91. The van der Waals surface area contributed by atoms with Crippen LogP contribution < -0.4 is 10.6 Å². The Labute approximate surface area is 110 Å². The van der Waals surface area contributed by atoms with E-state index in [0.717, 1.165) is 18.1 Å². The molecule has 1 aromatic rings. The molecule has 1 unspecified atom stereocenters. The number of nitrogens with one attached hydrogen (secondary N) is 2. The van der Waals surface area contributed by atoms with Crippen LogP contribution in [0, 0.1) is 0 Å². The Morgan fingerprint density at radius 2 is 2.35 bits per heavy atom. The number of halogens is 1. The van der Waals surface area contributed by atoms with E-state index in [4.69, 9.17) is 11.6 Å². The van der Waals surface area contributed by atoms with Crippen LogP contribution in [0.1, 0.15) is 6.42 Å². The highest BCUT2D eigenvalue weighted by Gasteiger charge is 2.17. The zero-order valence-corrected chi connectivity index (χ0v) is 11.0. The van der Waals surface area contributed by atoms with E-state index in [0.29, 0.717) is 17.1 Å². The second kappa shape index (κ2) is 6.28. The third-order valence-corrected chi connectivity index (χ3v) is 4.04. The summed E-state index contributed by atoms with van der Waals surface area (Å²) >= 11 is 7.86. The van der Waals surface area contributed by atoms with Gasteiger partial charge in [-0.15, -0.1) is 0 Å². The molecule has 2 rings (SSSR count). The van der Waals surface area contributed by atoms with Gasteiger partial charge in [-0.25, -0.2) is 0 Å². The van der Waals surface area contributed by atoms with Crippen molar-refractivity contribution in [3.8, 4) is 0 Å². The number of thioether (sulfide) groups is 1. The molecule has 1 aliphatic rings. The number of hydrogen-bond acceptors (Lipinski definition) is 3. The Bertz CT molecular complexity index is 394. The molecule has 2 N–H and O–H groups in total. The molecule has 1 saturated heterocycles. The first-order valence-electron chi connectivity index (χ1n) is 5.61. The molecule has 1 fully saturated rings. The lowest BCUT2D eigenvalue weighted by Gasteiger charge is -2.22. The maximum Gasteiger partial charge on any atom is 0.226 e. The minimum atomic E-state index is 0.0121. The summed E-state index contributed by atoms with van der Waals surface area (Å²) in [5.41, 5.74) is 0.683. The number of carbonyl (C=O) groups excluding carboxylic acids is 1. The molecule has 1 aliphatic heterocycles. The quantitative estimate of drug-likeness (QED) is 0.886. The zero-order chi connectivity index (χ0) is 12.1. The van der Waals surface area contributed by atoms with Crippen molar-refractivity contribution >= 4 is 35.0 Å². The first kappa shape index (κ1) is 12.7. The van der Waals surface area contributed by atoms with E-state index in [1.54, 1.807) is 6.07 Å². The molecule has 1 amide bonds. The highest BCUT2D eigenvalue weighted by Crippen LogP contribution is 2.21. The highest BCUT2D eigenvalue weighted by atomic mass is 35.5. The first-order chi connectivity index (χ1) is 8.25. The minimum absolute atomic E-state index is 0.0121. The van der Waals surface area contributed by atoms with Crippen molar-refractivity contribution in [3.05, 3.63) is 29.3 Å². The molecule has 1 aromatic carbocycles. The molecule has 3 nitrogen and oxygen atoms in total. The molecular weight excluding hydrogens is 256 g/mol. The predicted octanol–water partition coefficient (Wildman–Crippen LogP) is 2.37. The second-order valence-corrected chi connectivity index (χ2v) is 5.52. The Balaban J connectivity index is 1.86. The van der Waals surface area contributed by atoms with E-state index < -0.39 is 0 Å². The standard InChI is InChI=1S/C12H15ClN2OS/c13-10-3-1-2-4-11(10)15-12(16)7-9-8-17-6-5-14-9/h1-4,9,14H,5-8H2,(H,15,16). The smallest absolute Gasteiger partial charge is 0.226 e. The van der Waals surface area contributed by atoms with Crippen LogP contribution in [0.2, 0.25) is 5.02 Å². The summed E-state index contributed by atoms with van der Waals surface area (Å²) in [5, 5.41) is 6.75. The van der Waals surface area contributed by atoms with Gasteiger partial charge in [0.15, 0.2) is 0 Å². The van der Waals surface area contributed by atoms with Gasteiger partial charge in [-0.3, -0.25) is 4.79 Å². The third-order valence-electron chi connectivity index (χ3n) is 2.58. The molecule has 92 valence electrons. The van der Waals surface area contributed by atoms with Crippen molar-refractivity contribution < 1.29 is 4.79 Å². The van der Waals surface area contributed by atoms with Crippen molar-refractivity contribution in [1.82, 2.24) is 5.32 Å². The van der Waals surface area contributed by atoms with Gasteiger partial charge in [0.2, 0.25) is 5.91 Å². The maximum atomic E-state index is 11.8. The van der Waals surface area contributed by atoms with Gasteiger partial charge >= 0.3 is 0 Å². The molecule has 5 heteroatoms. The van der Waals surface area contributed by atoms with Gasteiger partial charge in [0, 0.05) is 30.5 Å². The maximum absolute atomic E-state index is 11.8. The molecule has 17 heavy (non-hydrogen) atoms. The van der Waals surface area contributed by atoms with Crippen LogP contribution in [0.5, 0.6) is 0 Å². The molecule has 0 radical (unpaired) electrons. The predicted molar refractivity (Wildman–Crippen MR) is 73.8 cm³/mol. The monoisotopic (exact) mass is 270 g/mol. The van der Waals surface area contributed by atoms with Gasteiger partial charge in [0.1, 0.15) is 0 Å². The Kier molecular flexibility index (Phi) is 4.71. The zero-order valence-electron chi connectivity index (χ0n) is 9.41. The second-order valence-electron chi connectivity index (χ2n) is 3.96. The SMILES string of the molecule is O=C(CC1CSCCN1)Nc1ccccc1Cl. The lowest BCUT2D eigenvalue weighted by atomic mass is 10.2. The molecule has 0 spiro atoms. The lowest BCUT2D eigenvalue weighted by Crippen LogP contribution is -2.39. The fourth-order valence-electron chi connectivity index (χ4n) is 1.74. The van der Waals surface area contributed by atoms with E-state index in [-0.39, 0.29) is 11.9 Å². The summed E-state index contributed by atoms with van der Waals surface area (Å²) in [6.45, 7) is 0.981. The van der Waals surface area contributed by atoms with Gasteiger partial charge in [0.05, 0.1) is 10.7 Å². The first-order valence-corrected chi connectivity index (χ1v) is 7.14. The Hall–Kier alpha value is -0.710. The number of carbonyl (C=O) groups is 1. The lowest BCUT2D eigenvalue weighted by molar-refractivity contribution is -0.116. The van der Waals surface area contributed by atoms with Gasteiger partial charge in [-0.05, 0) is 12.1 Å². The number of rotatable bonds is 3. The van der Waals surface area contributed by atoms with Crippen LogP contribution in [0.3, 0.4) is 0 Å². The largest absolute Gasteiger partial charge is 0.325 e. The van der Waals surface area contributed by atoms with Crippen LogP contribution in [-0.2, 0) is 4.79 Å². The van der Waals surface area contributed by atoms with E-state index >= 15 is 0 Å². The summed E-state index contributed by atoms with van der Waals surface area (Å²) < 4.78 is 0. The number of benzene rings is 1. The fourth-order valence-corrected chi connectivity index (χ4v) is 2.87. The number of anilines is 1. The van der Waals surface area contributed by atoms with E-state index in [9.17, 15) is 4.79 Å². The number of hydrogen-bond donors (Lipinski definition) is 2. The van der Waals surface area contributed by atoms with Crippen molar-refractivity contribution in [3.63, 3.8) is 0 Å². The average molecular weight is 271 g/mol. The molecule has 1 heterocycles. The molecule has 0 saturated carbocycles. The van der Waals surface area contributed by atoms with E-state index in [1.165, 1.54) is 0 Å². The highest BCUT2D eigenvalue weighted by molar-refractivity contribution is 7.99. The Morgan fingerprint density at radius 1 is 1.53 bits per heavy atom. The fraction of sp³-hybridized carbons (Fsp3) is 0.417. The normalized spacial score (nSPS) is 19.9. The molecular formula is C12H15ClN2OS. The average Bonchev–Trinajstić information content (AvgIpc) is 2.33. The minimum Gasteiger partial charge on any atom is -0.325 e.